The molecular formula is C40H56N10O14S. The number of hydrogen-bond acceptors (Lipinski definition) is 15. The van der Waals surface area contributed by atoms with Crippen molar-refractivity contribution in [2.75, 3.05) is 32.0 Å². The SMILES string of the molecule is CC[C@H](C)[C@@H]1NC(=O)CNC(=O)[C@@H](NC(=O)[C@@H](N)[C@@H](C)[C@@H](O)CO)Cc2c([nH]c3cc(O)ccc23)S(=O)C[C@@H](C(=O)N[C@@H](CC(N)=O)C(=O)N2C[C@H](O)CC23CC3=O)NC(=O)CNC1=O. The van der Waals surface area contributed by atoms with Gasteiger partial charge in [-0.25, -0.2) is 0 Å². The topological polar surface area (TPSA) is 395 Å². The first-order chi connectivity index (χ1) is 30.6. The molecule has 8 amide bonds. The van der Waals surface area contributed by atoms with Gasteiger partial charge in [0.25, 0.3) is 0 Å². The predicted octanol–water partition coefficient (Wildman–Crippen LogP) is -5.75. The second kappa shape index (κ2) is 20.9. The van der Waals surface area contributed by atoms with E-state index in [-0.39, 0.29) is 52.4 Å². The lowest BCUT2D eigenvalue weighted by Crippen LogP contribution is -2.59. The van der Waals surface area contributed by atoms with Crippen LogP contribution in [0.15, 0.2) is 23.2 Å². The van der Waals surface area contributed by atoms with Crippen LogP contribution in [0.3, 0.4) is 0 Å². The Morgan fingerprint density at radius 1 is 1.03 bits per heavy atom. The molecule has 2 aromatic rings. The van der Waals surface area contributed by atoms with Crippen molar-refractivity contribution in [1.82, 2.24) is 41.8 Å². The molecule has 2 unspecified atom stereocenters. The van der Waals surface area contributed by atoms with E-state index in [1.807, 2.05) is 0 Å². The third-order valence-electron chi connectivity index (χ3n) is 12.0. The van der Waals surface area contributed by atoms with Gasteiger partial charge in [-0.15, -0.1) is 0 Å². The van der Waals surface area contributed by atoms with Gasteiger partial charge in [0.2, 0.25) is 47.3 Å². The van der Waals surface area contributed by atoms with Crippen molar-refractivity contribution < 1.29 is 67.8 Å². The number of likely N-dealkylation sites (tertiary alicyclic amines) is 1. The molecular weight excluding hydrogens is 877 g/mol. The van der Waals surface area contributed by atoms with Gasteiger partial charge >= 0.3 is 0 Å². The van der Waals surface area contributed by atoms with E-state index in [0.717, 1.165) is 4.90 Å². The van der Waals surface area contributed by atoms with Crippen molar-refractivity contribution in [3.05, 3.63) is 23.8 Å². The molecule has 356 valence electrons. The normalized spacial score (nSPS) is 26.8. The number of hydrogen-bond donors (Lipinski definition) is 13. The number of primary amides is 1. The van der Waals surface area contributed by atoms with Gasteiger partial charge in [0.05, 0.1) is 66.4 Å². The third kappa shape index (κ3) is 11.6. The molecule has 15 N–H and O–H groups in total. The van der Waals surface area contributed by atoms with E-state index < -0.39 is 156 Å². The number of aromatic amines is 1. The molecule has 25 heteroatoms. The highest BCUT2D eigenvalue weighted by Crippen LogP contribution is 2.46. The zero-order valence-electron chi connectivity index (χ0n) is 35.9. The second-order valence-electron chi connectivity index (χ2n) is 16.7. The standard InChI is InChI=1S/C40H56N10O14S/c1-4-17(2)33-37(62)44-12-30(57)45-26(35(60)47-25(9-29(41)56)39(63)50-14-20(53)10-40(50)11-28(40)55)16-65(64)38-22(21-6-5-19(52)7-23(21)48-38)8-24(34(59)43-13-31(58)49-33)46-36(61)32(42)18(3)27(54)15-51/h5-7,17-18,20,24-27,32-33,48,51-54H,4,8-16,42H2,1-3H3,(H2,41,56)(H,43,59)(H,44,62)(H,45,57)(H,46,61)(H,47,60)(H,49,58)/t17-,18-,20+,24-,25-,26-,27-,32-,33-,40?,65?/m0/s1. The number of aliphatic hydroxyl groups excluding tert-OH is 3. The first-order valence-electron chi connectivity index (χ1n) is 20.9. The Hall–Kier alpha value is -6.02. The monoisotopic (exact) mass is 932 g/mol. The lowest BCUT2D eigenvalue weighted by Gasteiger charge is -2.29. The number of carbonyl (C=O) groups is 9. The molecule has 0 bridgehead atoms. The van der Waals surface area contributed by atoms with Crippen molar-refractivity contribution in [3.8, 4) is 5.75 Å². The highest BCUT2D eigenvalue weighted by Gasteiger charge is 2.64. The number of phenols is 1. The van der Waals surface area contributed by atoms with Gasteiger partial charge in [-0.1, -0.05) is 27.2 Å². The molecule has 5 rings (SSSR count). The molecule has 0 radical (unpaired) electrons. The Morgan fingerprint density at radius 3 is 2.29 bits per heavy atom. The van der Waals surface area contributed by atoms with Crippen LogP contribution in [-0.2, 0) is 60.4 Å². The quantitative estimate of drug-likeness (QED) is 0.0943. The van der Waals surface area contributed by atoms with Gasteiger partial charge in [-0.05, 0) is 23.6 Å². The molecule has 65 heavy (non-hydrogen) atoms. The van der Waals surface area contributed by atoms with Gasteiger partial charge in [0.15, 0.2) is 5.78 Å². The first kappa shape index (κ1) is 50.0. The molecule has 1 aliphatic carbocycles. The van der Waals surface area contributed by atoms with Gasteiger partial charge < -0.3 is 73.7 Å². The van der Waals surface area contributed by atoms with E-state index in [9.17, 15) is 67.8 Å². The number of nitrogens with zero attached hydrogens (tertiary/aromatic N) is 1. The summed E-state index contributed by atoms with van der Waals surface area (Å²) in [6.07, 6.45) is -3.53. The van der Waals surface area contributed by atoms with Crippen molar-refractivity contribution in [3.63, 3.8) is 0 Å². The molecule has 1 spiro atoms. The summed E-state index contributed by atoms with van der Waals surface area (Å²) < 4.78 is 14.6. The number of ketones is 1. The van der Waals surface area contributed by atoms with Gasteiger partial charge in [-0.3, -0.25) is 47.4 Å². The van der Waals surface area contributed by atoms with Gasteiger partial charge in [0.1, 0.15) is 40.5 Å². The smallest absolute Gasteiger partial charge is 0.246 e. The van der Waals surface area contributed by atoms with Crippen LogP contribution >= 0.6 is 0 Å². The minimum absolute atomic E-state index is 0.0602. The summed E-state index contributed by atoms with van der Waals surface area (Å²) in [5, 5.41) is 55.0. The zero-order chi connectivity index (χ0) is 48.1. The molecule has 24 nitrogen and oxygen atoms in total. The van der Waals surface area contributed by atoms with Crippen LogP contribution < -0.4 is 43.4 Å². The zero-order valence-corrected chi connectivity index (χ0v) is 36.7. The highest BCUT2D eigenvalue weighted by molar-refractivity contribution is 7.85. The summed E-state index contributed by atoms with van der Waals surface area (Å²) in [7, 11) is -2.40. The Labute approximate surface area is 374 Å². The highest BCUT2D eigenvalue weighted by atomic mass is 32.2. The maximum Gasteiger partial charge on any atom is 0.246 e. The number of fused-ring (bicyclic) bond motifs is 3. The maximum absolute atomic E-state index is 14.6. The minimum atomic E-state index is -2.40. The summed E-state index contributed by atoms with van der Waals surface area (Å²) in [6, 6.07) is -3.93. The van der Waals surface area contributed by atoms with Crippen LogP contribution in [0.2, 0.25) is 0 Å². The van der Waals surface area contributed by atoms with Crippen LogP contribution in [0.1, 0.15) is 52.0 Å². The number of H-pyrrole nitrogens is 1. The summed E-state index contributed by atoms with van der Waals surface area (Å²) in [5.41, 5.74) is 10.5. The number of Topliss-reactive ketones (excluding diaryl/α,β-unsaturated/α-hetero) is 1. The molecule has 1 aromatic heterocycles. The summed E-state index contributed by atoms with van der Waals surface area (Å²) in [6.45, 7) is 2.25. The van der Waals surface area contributed by atoms with Crippen molar-refractivity contribution >= 4 is 74.7 Å². The maximum atomic E-state index is 14.6. The number of amides is 8. The molecule has 3 aliphatic rings. The first-order valence-corrected chi connectivity index (χ1v) is 22.2. The number of nitrogens with two attached hydrogens (primary N) is 2. The number of rotatable bonds is 12. The van der Waals surface area contributed by atoms with Crippen molar-refractivity contribution in [2.24, 2.45) is 23.3 Å². The summed E-state index contributed by atoms with van der Waals surface area (Å²) >= 11 is 0. The van der Waals surface area contributed by atoms with Crippen LogP contribution in [-0.4, -0.2) is 168 Å². The number of aromatic hydroxyl groups is 1. The predicted molar refractivity (Wildman–Crippen MR) is 227 cm³/mol. The fourth-order valence-corrected chi connectivity index (χ4v) is 9.26. The van der Waals surface area contributed by atoms with Crippen molar-refractivity contribution in [2.45, 2.75) is 106 Å². The number of benzene rings is 1. The minimum Gasteiger partial charge on any atom is -0.508 e. The molecule has 2 fully saturated rings. The Balaban J connectivity index is 1.56. The molecule has 1 saturated heterocycles. The van der Waals surface area contributed by atoms with Crippen LogP contribution in [0.25, 0.3) is 10.9 Å². The van der Waals surface area contributed by atoms with E-state index in [4.69, 9.17) is 11.5 Å². The Bertz CT molecular complexity index is 2260. The summed E-state index contributed by atoms with van der Waals surface area (Å²) in [5.74, 6) is -10.6. The fraction of sp³-hybridized carbons (Fsp3) is 0.575. The van der Waals surface area contributed by atoms with Crippen molar-refractivity contribution in [1.29, 1.82) is 0 Å². The largest absolute Gasteiger partial charge is 0.508 e. The number of phenolic OH excluding ortho intramolecular Hbond substituents is 1. The molecule has 1 aromatic carbocycles. The fourth-order valence-electron chi connectivity index (χ4n) is 7.86. The van der Waals surface area contributed by atoms with Crippen LogP contribution in [0, 0.1) is 11.8 Å². The molecule has 11 atom stereocenters. The Morgan fingerprint density at radius 2 is 1.68 bits per heavy atom. The molecule has 2 aliphatic heterocycles. The summed E-state index contributed by atoms with van der Waals surface area (Å²) in [4.78, 5) is 124. The third-order valence-corrected chi connectivity index (χ3v) is 13.5. The average molecular weight is 933 g/mol. The lowest BCUT2D eigenvalue weighted by atomic mass is 9.95. The van der Waals surface area contributed by atoms with E-state index in [1.54, 1.807) is 13.8 Å². The van der Waals surface area contributed by atoms with E-state index >= 15 is 0 Å². The Kier molecular flexibility index (Phi) is 16.0. The van der Waals surface area contributed by atoms with Gasteiger partial charge in [0, 0.05) is 43.2 Å². The lowest BCUT2D eigenvalue weighted by molar-refractivity contribution is -0.141. The van der Waals surface area contributed by atoms with E-state index in [0.29, 0.717) is 6.42 Å². The molecule has 3 heterocycles. The number of aliphatic hydroxyl groups is 3. The number of nitrogens with one attached hydrogen (secondary N) is 7. The number of β-amino-alcohol motifs (C(OH)–C–C–N with tert-alkyl or cyclic N) is 1. The van der Waals surface area contributed by atoms with Gasteiger partial charge in [-0.2, -0.15) is 0 Å². The van der Waals surface area contributed by atoms with E-state index in [1.165, 1.54) is 25.1 Å². The molecule has 1 saturated carbocycles. The average Bonchev–Trinajstić information content (AvgIpc) is 3.57. The number of carbonyl (C=O) groups excluding carboxylic acids is 9. The van der Waals surface area contributed by atoms with Crippen LogP contribution in [0.5, 0.6) is 5.75 Å². The van der Waals surface area contributed by atoms with Crippen LogP contribution in [0.4, 0.5) is 0 Å². The second-order valence-corrected chi connectivity index (χ2v) is 18.2. The number of aromatic nitrogens is 1. The van der Waals surface area contributed by atoms with E-state index in [2.05, 4.69) is 36.9 Å².